The number of hydrogen-bond donors (Lipinski definition) is 0. The molecule has 0 unspecified atom stereocenters. The number of amides is 2. The Bertz CT molecular complexity index is 712. The number of hydrogen-bond acceptors (Lipinski definition) is 4. The zero-order valence-electron chi connectivity index (χ0n) is 12.5. The van der Waals surface area contributed by atoms with Crippen LogP contribution in [0.5, 0.6) is 0 Å². The molecule has 0 aromatic heterocycles. The van der Waals surface area contributed by atoms with Crippen molar-refractivity contribution in [3.8, 4) is 0 Å². The van der Waals surface area contributed by atoms with Gasteiger partial charge < -0.3 is 4.90 Å². The highest BCUT2D eigenvalue weighted by atomic mass is 32.2. The summed E-state index contributed by atoms with van der Waals surface area (Å²) < 4.78 is 0.537. The molecule has 1 aromatic rings. The molecule has 0 radical (unpaired) electrons. The molecule has 1 aromatic carbocycles. The molecule has 1 saturated heterocycles. The van der Waals surface area contributed by atoms with Gasteiger partial charge in [-0.3, -0.25) is 14.5 Å². The third kappa shape index (κ3) is 2.18. The fourth-order valence-corrected chi connectivity index (χ4v) is 4.16. The smallest absolute Gasteiger partial charge is 0.267 e. The lowest BCUT2D eigenvalue weighted by molar-refractivity contribution is -0.122. The molecule has 22 heavy (non-hydrogen) atoms. The predicted octanol–water partition coefficient (Wildman–Crippen LogP) is 3.03. The number of benzene rings is 1. The molecule has 0 bridgehead atoms. The SMILES string of the molecule is CCCN1C(=O)C(=C2C(=O)N(CC)c3ccccc32)SC1=S. The highest BCUT2D eigenvalue weighted by molar-refractivity contribution is 8.26. The maximum Gasteiger partial charge on any atom is 0.267 e. The molecule has 0 spiro atoms. The van der Waals surface area contributed by atoms with Gasteiger partial charge in [0.05, 0.1) is 16.2 Å². The third-order valence-corrected chi connectivity index (χ3v) is 5.21. The van der Waals surface area contributed by atoms with Crippen molar-refractivity contribution in [3.63, 3.8) is 0 Å². The lowest BCUT2D eigenvalue weighted by atomic mass is 10.1. The number of rotatable bonds is 3. The van der Waals surface area contributed by atoms with E-state index in [4.69, 9.17) is 12.2 Å². The number of carbonyl (C=O) groups is 2. The second-order valence-electron chi connectivity index (χ2n) is 5.10. The van der Waals surface area contributed by atoms with E-state index >= 15 is 0 Å². The number of thiocarbonyl (C=S) groups is 1. The van der Waals surface area contributed by atoms with Gasteiger partial charge in [-0.05, 0) is 19.4 Å². The average molecular weight is 332 g/mol. The van der Waals surface area contributed by atoms with Crippen LogP contribution in [0.3, 0.4) is 0 Å². The Morgan fingerprint density at radius 3 is 2.50 bits per heavy atom. The van der Waals surface area contributed by atoms with Crippen molar-refractivity contribution in [1.82, 2.24) is 4.90 Å². The van der Waals surface area contributed by atoms with Gasteiger partial charge in [-0.15, -0.1) is 0 Å². The van der Waals surface area contributed by atoms with Crippen LogP contribution in [0.25, 0.3) is 5.57 Å². The Balaban J connectivity index is 2.14. The molecule has 1 fully saturated rings. The topological polar surface area (TPSA) is 40.6 Å². The molecule has 2 amide bonds. The van der Waals surface area contributed by atoms with E-state index in [2.05, 4.69) is 0 Å². The van der Waals surface area contributed by atoms with E-state index in [1.807, 2.05) is 38.1 Å². The quantitative estimate of drug-likeness (QED) is 0.630. The van der Waals surface area contributed by atoms with Gasteiger partial charge in [-0.2, -0.15) is 0 Å². The molecule has 6 heteroatoms. The molecule has 0 atom stereocenters. The fraction of sp³-hybridized carbons (Fsp3) is 0.312. The van der Waals surface area contributed by atoms with E-state index in [0.717, 1.165) is 17.7 Å². The highest BCUT2D eigenvalue weighted by Gasteiger charge is 2.41. The van der Waals surface area contributed by atoms with Gasteiger partial charge in [0.2, 0.25) is 0 Å². The van der Waals surface area contributed by atoms with Crippen molar-refractivity contribution in [3.05, 3.63) is 34.7 Å². The van der Waals surface area contributed by atoms with Gasteiger partial charge in [0.1, 0.15) is 4.32 Å². The van der Waals surface area contributed by atoms with Crippen LogP contribution in [0.2, 0.25) is 0 Å². The van der Waals surface area contributed by atoms with Crippen molar-refractivity contribution < 1.29 is 9.59 Å². The number of fused-ring (bicyclic) bond motifs is 1. The van der Waals surface area contributed by atoms with Gasteiger partial charge in [-0.25, -0.2) is 0 Å². The Labute approximate surface area is 139 Å². The first-order chi connectivity index (χ1) is 10.6. The summed E-state index contributed by atoms with van der Waals surface area (Å²) in [6, 6.07) is 7.60. The minimum atomic E-state index is -0.145. The Morgan fingerprint density at radius 1 is 1.09 bits per heavy atom. The Morgan fingerprint density at radius 2 is 1.82 bits per heavy atom. The number of para-hydroxylation sites is 1. The summed E-state index contributed by atoms with van der Waals surface area (Å²) in [5.41, 5.74) is 2.19. The average Bonchev–Trinajstić information content (AvgIpc) is 2.95. The summed E-state index contributed by atoms with van der Waals surface area (Å²) in [6.07, 6.45) is 0.834. The number of thioether (sulfide) groups is 1. The van der Waals surface area contributed by atoms with E-state index < -0.39 is 0 Å². The van der Waals surface area contributed by atoms with Crippen LogP contribution in [0.15, 0.2) is 29.2 Å². The first-order valence-electron chi connectivity index (χ1n) is 7.29. The van der Waals surface area contributed by atoms with Crippen LogP contribution >= 0.6 is 24.0 Å². The minimum absolute atomic E-state index is 0.110. The summed E-state index contributed by atoms with van der Waals surface area (Å²) in [7, 11) is 0. The lowest BCUT2D eigenvalue weighted by Crippen LogP contribution is -2.29. The van der Waals surface area contributed by atoms with Gasteiger partial charge in [-0.1, -0.05) is 49.1 Å². The maximum absolute atomic E-state index is 12.7. The Kier molecular flexibility index (Phi) is 4.06. The largest absolute Gasteiger partial charge is 0.308 e. The summed E-state index contributed by atoms with van der Waals surface area (Å²) >= 11 is 6.54. The van der Waals surface area contributed by atoms with Crippen molar-refractivity contribution in [2.75, 3.05) is 18.0 Å². The van der Waals surface area contributed by atoms with E-state index in [-0.39, 0.29) is 11.8 Å². The number of carbonyl (C=O) groups excluding carboxylic acids is 2. The van der Waals surface area contributed by atoms with Gasteiger partial charge in [0.25, 0.3) is 11.8 Å². The molecule has 114 valence electrons. The molecule has 0 N–H and O–H groups in total. The molecule has 2 aliphatic rings. The van der Waals surface area contributed by atoms with Crippen LogP contribution < -0.4 is 4.90 Å². The fourth-order valence-electron chi connectivity index (χ4n) is 2.78. The molecular weight excluding hydrogens is 316 g/mol. The van der Waals surface area contributed by atoms with Gasteiger partial charge in [0, 0.05) is 18.7 Å². The molecule has 2 aliphatic heterocycles. The third-order valence-electron chi connectivity index (χ3n) is 3.76. The first kappa shape index (κ1) is 15.2. The van der Waals surface area contributed by atoms with Crippen LogP contribution in [0, 0.1) is 0 Å². The second-order valence-corrected chi connectivity index (χ2v) is 6.74. The number of likely N-dealkylation sites (N-methyl/N-ethyl adjacent to an activating group) is 1. The first-order valence-corrected chi connectivity index (χ1v) is 8.51. The standard InChI is InChI=1S/C16H16N2O2S2/c1-3-9-18-15(20)13(22-16(18)21)12-10-7-5-6-8-11(10)17(4-2)14(12)19/h5-8H,3-4,9H2,1-2H3. The zero-order chi connectivity index (χ0) is 15.9. The van der Waals surface area contributed by atoms with Crippen LogP contribution in [-0.2, 0) is 9.59 Å². The molecule has 3 rings (SSSR count). The summed E-state index contributed by atoms with van der Waals surface area (Å²) in [6.45, 7) is 5.10. The molecular formula is C16H16N2O2S2. The van der Waals surface area contributed by atoms with Crippen LogP contribution in [0.4, 0.5) is 5.69 Å². The monoisotopic (exact) mass is 332 g/mol. The van der Waals surface area contributed by atoms with E-state index in [0.29, 0.717) is 27.9 Å². The summed E-state index contributed by atoms with van der Waals surface area (Å²) in [5, 5.41) is 0. The van der Waals surface area contributed by atoms with Gasteiger partial charge >= 0.3 is 0 Å². The van der Waals surface area contributed by atoms with E-state index in [1.54, 1.807) is 9.80 Å². The summed E-state index contributed by atoms with van der Waals surface area (Å²) in [4.78, 5) is 29.1. The Hall–Kier alpha value is -1.66. The van der Waals surface area contributed by atoms with Crippen molar-refractivity contribution >= 4 is 51.4 Å². The maximum atomic E-state index is 12.7. The van der Waals surface area contributed by atoms with Crippen molar-refractivity contribution in [2.24, 2.45) is 0 Å². The van der Waals surface area contributed by atoms with Crippen molar-refractivity contribution in [1.29, 1.82) is 0 Å². The zero-order valence-corrected chi connectivity index (χ0v) is 14.1. The van der Waals surface area contributed by atoms with Crippen LogP contribution in [0.1, 0.15) is 25.8 Å². The number of nitrogens with zero attached hydrogens (tertiary/aromatic N) is 2. The molecule has 2 heterocycles. The normalized spacial score (nSPS) is 21.1. The molecule has 0 saturated carbocycles. The van der Waals surface area contributed by atoms with E-state index in [9.17, 15) is 9.59 Å². The lowest BCUT2D eigenvalue weighted by Gasteiger charge is -2.13. The van der Waals surface area contributed by atoms with Crippen LogP contribution in [-0.4, -0.2) is 34.1 Å². The highest BCUT2D eigenvalue weighted by Crippen LogP contribution is 2.44. The van der Waals surface area contributed by atoms with E-state index in [1.165, 1.54) is 11.8 Å². The van der Waals surface area contributed by atoms with Crippen molar-refractivity contribution in [2.45, 2.75) is 20.3 Å². The number of anilines is 1. The van der Waals surface area contributed by atoms with Gasteiger partial charge in [0.15, 0.2) is 0 Å². The summed E-state index contributed by atoms with van der Waals surface area (Å²) in [5.74, 6) is -0.256. The second kappa shape index (κ2) is 5.85. The molecule has 0 aliphatic carbocycles. The minimum Gasteiger partial charge on any atom is -0.308 e. The molecule has 4 nitrogen and oxygen atoms in total. The predicted molar refractivity (Wildman–Crippen MR) is 93.6 cm³/mol.